The van der Waals surface area contributed by atoms with Gasteiger partial charge in [0.25, 0.3) is 0 Å². The number of nitrogens with one attached hydrogen (secondary N) is 1. The Bertz CT molecular complexity index is 753. The van der Waals surface area contributed by atoms with E-state index in [0.717, 1.165) is 22.9 Å². The molecule has 1 aliphatic rings. The lowest BCUT2D eigenvalue weighted by atomic mass is 9.95. The topological polar surface area (TPSA) is 67.2 Å². The Morgan fingerprint density at radius 3 is 2.58 bits per heavy atom. The van der Waals surface area contributed by atoms with E-state index in [0.29, 0.717) is 5.56 Å². The van der Waals surface area contributed by atoms with Crippen molar-refractivity contribution in [2.75, 3.05) is 5.32 Å². The summed E-state index contributed by atoms with van der Waals surface area (Å²) >= 11 is 0. The minimum Gasteiger partial charge on any atom is -0.477 e. The first kappa shape index (κ1) is 16.4. The Labute approximate surface area is 136 Å². The van der Waals surface area contributed by atoms with Crippen LogP contribution >= 0.6 is 0 Å². The number of carboxylic acid groups (broad SMARTS) is 1. The van der Waals surface area contributed by atoms with Crippen LogP contribution in [0.15, 0.2) is 30.5 Å². The van der Waals surface area contributed by atoms with E-state index in [2.05, 4.69) is 10.4 Å². The van der Waals surface area contributed by atoms with E-state index in [1.165, 1.54) is 0 Å². The van der Waals surface area contributed by atoms with Crippen molar-refractivity contribution < 1.29 is 23.1 Å². The molecule has 1 aliphatic heterocycles. The number of benzene rings is 1. The number of halogens is 3. The molecule has 0 spiro atoms. The van der Waals surface area contributed by atoms with E-state index in [4.69, 9.17) is 5.11 Å². The Balaban J connectivity index is 2.02. The number of fused-ring (bicyclic) bond motifs is 1. The van der Waals surface area contributed by atoms with Crippen molar-refractivity contribution in [2.45, 2.75) is 38.0 Å². The number of aromatic carboxylic acids is 1. The highest BCUT2D eigenvalue weighted by molar-refractivity contribution is 5.93. The van der Waals surface area contributed by atoms with Crippen molar-refractivity contribution in [3.8, 4) is 0 Å². The molecule has 2 atom stereocenters. The standard InChI is InChI=1S/C16H16F3N3O2/c1-2-9-3-5-10(6-4-9)12-7-13(16(17,18)19)22-14(21-12)11(8-20-22)15(23)24/h3-6,8,12-13,21H,2,7H2,1H3,(H,23,24)/t12-,13+/m1/s1. The van der Waals surface area contributed by atoms with Gasteiger partial charge in [-0.25, -0.2) is 9.48 Å². The third-order valence-electron chi connectivity index (χ3n) is 4.26. The van der Waals surface area contributed by atoms with Crippen LogP contribution in [-0.4, -0.2) is 27.0 Å². The fourth-order valence-electron chi connectivity index (χ4n) is 2.92. The second kappa shape index (κ2) is 5.85. The molecule has 24 heavy (non-hydrogen) atoms. The Morgan fingerprint density at radius 1 is 1.38 bits per heavy atom. The Morgan fingerprint density at radius 2 is 2.04 bits per heavy atom. The van der Waals surface area contributed by atoms with Gasteiger partial charge >= 0.3 is 12.1 Å². The van der Waals surface area contributed by atoms with Crippen LogP contribution in [0.2, 0.25) is 0 Å². The fourth-order valence-corrected chi connectivity index (χ4v) is 2.92. The van der Waals surface area contributed by atoms with Crippen LogP contribution in [0.4, 0.5) is 19.0 Å². The largest absolute Gasteiger partial charge is 0.477 e. The quantitative estimate of drug-likeness (QED) is 0.892. The Hall–Kier alpha value is -2.51. The zero-order valence-electron chi connectivity index (χ0n) is 12.8. The molecule has 0 radical (unpaired) electrons. The third-order valence-corrected chi connectivity index (χ3v) is 4.26. The molecule has 128 valence electrons. The molecule has 0 unspecified atom stereocenters. The van der Waals surface area contributed by atoms with Gasteiger partial charge in [0.15, 0.2) is 6.04 Å². The number of carbonyl (C=O) groups is 1. The van der Waals surface area contributed by atoms with E-state index >= 15 is 0 Å². The summed E-state index contributed by atoms with van der Waals surface area (Å²) in [6.45, 7) is 1.99. The lowest BCUT2D eigenvalue weighted by Crippen LogP contribution is -2.36. The van der Waals surface area contributed by atoms with E-state index in [1.807, 2.05) is 19.1 Å². The van der Waals surface area contributed by atoms with Crippen LogP contribution in [0.1, 0.15) is 46.9 Å². The summed E-state index contributed by atoms with van der Waals surface area (Å²) in [6.07, 6.45) is -2.98. The van der Waals surface area contributed by atoms with Crippen LogP contribution in [0.25, 0.3) is 0 Å². The van der Waals surface area contributed by atoms with Crippen molar-refractivity contribution in [3.63, 3.8) is 0 Å². The van der Waals surface area contributed by atoms with Gasteiger partial charge in [0.2, 0.25) is 0 Å². The monoisotopic (exact) mass is 339 g/mol. The van der Waals surface area contributed by atoms with Crippen molar-refractivity contribution in [3.05, 3.63) is 47.2 Å². The molecule has 0 saturated carbocycles. The maximum absolute atomic E-state index is 13.4. The first-order valence-corrected chi connectivity index (χ1v) is 7.54. The fraction of sp³-hybridized carbons (Fsp3) is 0.375. The molecule has 0 saturated heterocycles. The molecule has 5 nitrogen and oxygen atoms in total. The molecule has 1 aromatic carbocycles. The number of hydrogen-bond donors (Lipinski definition) is 2. The molecule has 8 heteroatoms. The molecule has 0 aliphatic carbocycles. The molecule has 2 heterocycles. The van der Waals surface area contributed by atoms with Gasteiger partial charge in [-0.1, -0.05) is 31.2 Å². The van der Waals surface area contributed by atoms with Gasteiger partial charge < -0.3 is 10.4 Å². The molecule has 0 bridgehead atoms. The van der Waals surface area contributed by atoms with Crippen molar-refractivity contribution in [1.82, 2.24) is 9.78 Å². The zero-order valence-corrected chi connectivity index (χ0v) is 12.8. The van der Waals surface area contributed by atoms with Gasteiger partial charge in [-0.05, 0) is 17.5 Å². The van der Waals surface area contributed by atoms with Gasteiger partial charge in [0, 0.05) is 6.42 Å². The predicted octanol–water partition coefficient (Wildman–Crippen LogP) is 3.80. The van der Waals surface area contributed by atoms with Crippen molar-refractivity contribution >= 4 is 11.8 Å². The number of aryl methyl sites for hydroxylation is 1. The van der Waals surface area contributed by atoms with Gasteiger partial charge in [-0.3, -0.25) is 0 Å². The number of carboxylic acids is 1. The molecule has 2 aromatic rings. The summed E-state index contributed by atoms with van der Waals surface area (Å²) in [4.78, 5) is 11.2. The molecular formula is C16H16F3N3O2. The number of hydrogen-bond acceptors (Lipinski definition) is 3. The summed E-state index contributed by atoms with van der Waals surface area (Å²) in [5, 5.41) is 15.7. The zero-order chi connectivity index (χ0) is 17.5. The summed E-state index contributed by atoms with van der Waals surface area (Å²) in [5.41, 5.74) is 1.50. The first-order chi connectivity index (χ1) is 11.3. The van der Waals surface area contributed by atoms with Gasteiger partial charge in [-0.2, -0.15) is 18.3 Å². The normalized spacial score (nSPS) is 20.3. The Kier molecular flexibility index (Phi) is 3.98. The first-order valence-electron chi connectivity index (χ1n) is 7.54. The van der Waals surface area contributed by atoms with E-state index < -0.39 is 24.2 Å². The molecule has 0 fully saturated rings. The smallest absolute Gasteiger partial charge is 0.410 e. The summed E-state index contributed by atoms with van der Waals surface area (Å²) in [5.74, 6) is -1.42. The number of rotatable bonds is 3. The van der Waals surface area contributed by atoms with Crippen molar-refractivity contribution in [2.24, 2.45) is 0 Å². The van der Waals surface area contributed by atoms with Crippen LogP contribution in [0, 0.1) is 0 Å². The average molecular weight is 339 g/mol. The second-order valence-corrected chi connectivity index (χ2v) is 5.74. The third kappa shape index (κ3) is 2.83. The maximum Gasteiger partial charge on any atom is 0.410 e. The van der Waals surface area contributed by atoms with Gasteiger partial charge in [0.05, 0.1) is 12.2 Å². The number of alkyl halides is 3. The van der Waals surface area contributed by atoms with E-state index in [1.54, 1.807) is 12.1 Å². The van der Waals surface area contributed by atoms with Crippen LogP contribution in [-0.2, 0) is 6.42 Å². The lowest BCUT2D eigenvalue weighted by molar-refractivity contribution is -0.173. The van der Waals surface area contributed by atoms with E-state index in [9.17, 15) is 18.0 Å². The predicted molar refractivity (Wildman–Crippen MR) is 81.1 cm³/mol. The highest BCUT2D eigenvalue weighted by atomic mass is 19.4. The molecule has 3 rings (SSSR count). The lowest BCUT2D eigenvalue weighted by Gasteiger charge is -2.33. The number of nitrogens with zero attached hydrogens (tertiary/aromatic N) is 2. The van der Waals surface area contributed by atoms with Crippen LogP contribution in [0.3, 0.4) is 0 Å². The number of anilines is 1. The summed E-state index contributed by atoms with van der Waals surface area (Å²) < 4.78 is 40.9. The minimum absolute atomic E-state index is 0.111. The maximum atomic E-state index is 13.4. The van der Waals surface area contributed by atoms with E-state index in [-0.39, 0.29) is 17.8 Å². The van der Waals surface area contributed by atoms with Crippen LogP contribution in [0.5, 0.6) is 0 Å². The molecule has 2 N–H and O–H groups in total. The average Bonchev–Trinajstić information content (AvgIpc) is 2.97. The molecule has 1 aromatic heterocycles. The second-order valence-electron chi connectivity index (χ2n) is 5.74. The van der Waals surface area contributed by atoms with Crippen LogP contribution < -0.4 is 5.32 Å². The summed E-state index contributed by atoms with van der Waals surface area (Å²) in [7, 11) is 0. The molecule has 0 amide bonds. The van der Waals surface area contributed by atoms with Gasteiger partial charge in [-0.15, -0.1) is 0 Å². The highest BCUT2D eigenvalue weighted by Gasteiger charge is 2.47. The number of aromatic nitrogens is 2. The SMILES string of the molecule is CCc1ccc([C@H]2C[C@@H](C(F)(F)F)n3ncc(C(=O)O)c3N2)cc1. The molecular weight excluding hydrogens is 323 g/mol. The minimum atomic E-state index is -4.51. The van der Waals surface area contributed by atoms with Crippen molar-refractivity contribution in [1.29, 1.82) is 0 Å². The van der Waals surface area contributed by atoms with Gasteiger partial charge in [0.1, 0.15) is 11.4 Å². The summed E-state index contributed by atoms with van der Waals surface area (Å²) in [6, 6.07) is 4.78. The highest BCUT2D eigenvalue weighted by Crippen LogP contribution is 2.44.